The predicted octanol–water partition coefficient (Wildman–Crippen LogP) is 1.32. The Balaban J connectivity index is 1.95. The van der Waals surface area contributed by atoms with Crippen LogP contribution in [-0.4, -0.2) is 37.6 Å². The van der Waals surface area contributed by atoms with Crippen LogP contribution in [0.1, 0.15) is 31.4 Å². The van der Waals surface area contributed by atoms with Crippen molar-refractivity contribution in [3.05, 3.63) is 24.0 Å². The van der Waals surface area contributed by atoms with Crippen LogP contribution in [0.4, 0.5) is 0 Å². The van der Waals surface area contributed by atoms with E-state index in [9.17, 15) is 8.42 Å². The molecule has 2 rings (SSSR count). The van der Waals surface area contributed by atoms with Gasteiger partial charge in [0.2, 0.25) is 0 Å². The van der Waals surface area contributed by atoms with Gasteiger partial charge in [-0.1, -0.05) is 0 Å². The molecule has 1 saturated carbocycles. The summed E-state index contributed by atoms with van der Waals surface area (Å²) in [5, 5.41) is -0.272. The lowest BCUT2D eigenvalue weighted by molar-refractivity contribution is 0.155. The Morgan fingerprint density at radius 1 is 1.40 bits per heavy atom. The number of nitrogens with two attached hydrogens (primary N) is 1. The Kier molecular flexibility index (Phi) is 4.99. The van der Waals surface area contributed by atoms with Crippen molar-refractivity contribution in [2.75, 3.05) is 12.8 Å². The number of nitrogens with zero attached hydrogens (tertiary/aromatic N) is 1. The van der Waals surface area contributed by atoms with Crippen molar-refractivity contribution in [3.63, 3.8) is 0 Å². The zero-order chi connectivity index (χ0) is 14.6. The molecule has 1 fully saturated rings. The standard InChI is InChI=1S/C14H22N2O3S/c1-20(17,18)14-4-2-3-12(9-14)19-13-6-5-11(7-8-15)16-10-13/h5-6,10,12,14H,2-4,7-9,15H2,1H3. The molecule has 0 saturated heterocycles. The molecule has 1 heterocycles. The predicted molar refractivity (Wildman–Crippen MR) is 78.5 cm³/mol. The largest absolute Gasteiger partial charge is 0.489 e. The average molecular weight is 298 g/mol. The van der Waals surface area contributed by atoms with Gasteiger partial charge in [0.05, 0.1) is 11.4 Å². The van der Waals surface area contributed by atoms with Crippen molar-refractivity contribution >= 4 is 9.84 Å². The van der Waals surface area contributed by atoms with Gasteiger partial charge in [0, 0.05) is 24.8 Å². The molecule has 1 aromatic rings. The molecule has 2 N–H and O–H groups in total. The van der Waals surface area contributed by atoms with Crippen LogP contribution in [0.2, 0.25) is 0 Å². The summed E-state index contributed by atoms with van der Waals surface area (Å²) < 4.78 is 29.1. The number of aromatic nitrogens is 1. The van der Waals surface area contributed by atoms with Crippen molar-refractivity contribution in [1.29, 1.82) is 0 Å². The van der Waals surface area contributed by atoms with Gasteiger partial charge in [0.25, 0.3) is 0 Å². The zero-order valence-corrected chi connectivity index (χ0v) is 12.6. The number of pyridine rings is 1. The molecule has 112 valence electrons. The third-order valence-corrected chi connectivity index (χ3v) is 5.32. The summed E-state index contributed by atoms with van der Waals surface area (Å²) in [4.78, 5) is 4.28. The van der Waals surface area contributed by atoms with Crippen LogP contribution in [0, 0.1) is 0 Å². The van der Waals surface area contributed by atoms with Crippen molar-refractivity contribution in [2.24, 2.45) is 5.73 Å². The first kappa shape index (κ1) is 15.3. The van der Waals surface area contributed by atoms with Crippen LogP contribution in [0.3, 0.4) is 0 Å². The van der Waals surface area contributed by atoms with E-state index in [1.54, 1.807) is 6.20 Å². The average Bonchev–Trinajstić information content (AvgIpc) is 2.41. The molecule has 0 aromatic carbocycles. The lowest BCUT2D eigenvalue weighted by atomic mass is 9.97. The molecular formula is C14H22N2O3S. The summed E-state index contributed by atoms with van der Waals surface area (Å²) in [6.45, 7) is 0.575. The van der Waals surface area contributed by atoms with Crippen molar-refractivity contribution in [1.82, 2.24) is 4.98 Å². The summed E-state index contributed by atoms with van der Waals surface area (Å²) in [6.07, 6.45) is 6.82. The summed E-state index contributed by atoms with van der Waals surface area (Å²) in [5.74, 6) is 0.699. The first-order valence-electron chi connectivity index (χ1n) is 6.99. The second-order valence-electron chi connectivity index (χ2n) is 5.38. The van der Waals surface area contributed by atoms with Gasteiger partial charge in [0.15, 0.2) is 0 Å². The van der Waals surface area contributed by atoms with E-state index in [2.05, 4.69) is 4.98 Å². The number of rotatable bonds is 5. The highest BCUT2D eigenvalue weighted by atomic mass is 32.2. The van der Waals surface area contributed by atoms with Gasteiger partial charge in [-0.2, -0.15) is 0 Å². The van der Waals surface area contributed by atoms with Crippen molar-refractivity contribution in [2.45, 2.75) is 43.5 Å². The second kappa shape index (κ2) is 6.54. The monoisotopic (exact) mass is 298 g/mol. The van der Waals surface area contributed by atoms with E-state index in [4.69, 9.17) is 10.5 Å². The SMILES string of the molecule is CS(=O)(=O)C1CCCC(Oc2ccc(CCN)nc2)C1. The lowest BCUT2D eigenvalue weighted by Crippen LogP contribution is -2.33. The summed E-state index contributed by atoms with van der Waals surface area (Å²) >= 11 is 0. The highest BCUT2D eigenvalue weighted by Crippen LogP contribution is 2.27. The van der Waals surface area contributed by atoms with Gasteiger partial charge in [-0.15, -0.1) is 0 Å². The summed E-state index contributed by atoms with van der Waals surface area (Å²) in [5.41, 5.74) is 6.42. The van der Waals surface area contributed by atoms with Crippen LogP contribution in [0.15, 0.2) is 18.3 Å². The number of ether oxygens (including phenoxy) is 1. The molecule has 0 radical (unpaired) electrons. The lowest BCUT2D eigenvalue weighted by Gasteiger charge is -2.28. The minimum absolute atomic E-state index is 0.0365. The maximum absolute atomic E-state index is 11.6. The Morgan fingerprint density at radius 3 is 2.80 bits per heavy atom. The van der Waals surface area contributed by atoms with Crippen LogP contribution < -0.4 is 10.5 Å². The third-order valence-electron chi connectivity index (χ3n) is 3.68. The van der Waals surface area contributed by atoms with E-state index in [0.717, 1.165) is 31.4 Å². The van der Waals surface area contributed by atoms with Gasteiger partial charge < -0.3 is 10.5 Å². The smallest absolute Gasteiger partial charge is 0.150 e. The number of hydrogen-bond acceptors (Lipinski definition) is 5. The highest BCUT2D eigenvalue weighted by Gasteiger charge is 2.29. The molecule has 0 aliphatic heterocycles. The van der Waals surface area contributed by atoms with E-state index in [1.165, 1.54) is 6.26 Å². The van der Waals surface area contributed by atoms with Crippen molar-refractivity contribution < 1.29 is 13.2 Å². The molecule has 1 aromatic heterocycles. The minimum Gasteiger partial charge on any atom is -0.489 e. The maximum Gasteiger partial charge on any atom is 0.150 e. The fourth-order valence-electron chi connectivity index (χ4n) is 2.57. The Morgan fingerprint density at radius 2 is 2.20 bits per heavy atom. The van der Waals surface area contributed by atoms with Gasteiger partial charge in [-0.05, 0) is 37.9 Å². The van der Waals surface area contributed by atoms with Crippen LogP contribution >= 0.6 is 0 Å². The van der Waals surface area contributed by atoms with Crippen LogP contribution in [0.25, 0.3) is 0 Å². The normalized spacial score (nSPS) is 23.5. The Labute approximate surface area is 120 Å². The molecule has 5 nitrogen and oxygen atoms in total. The molecule has 0 bridgehead atoms. The Hall–Kier alpha value is -1.14. The first-order chi connectivity index (χ1) is 9.49. The van der Waals surface area contributed by atoms with E-state index < -0.39 is 9.84 Å². The molecule has 2 atom stereocenters. The van der Waals surface area contributed by atoms with Gasteiger partial charge in [-0.25, -0.2) is 8.42 Å². The molecular weight excluding hydrogens is 276 g/mol. The van der Waals surface area contributed by atoms with E-state index in [1.807, 2.05) is 12.1 Å². The van der Waals surface area contributed by atoms with Gasteiger partial charge in [0.1, 0.15) is 21.7 Å². The first-order valence-corrected chi connectivity index (χ1v) is 8.95. The second-order valence-corrected chi connectivity index (χ2v) is 7.71. The fourth-order valence-corrected chi connectivity index (χ4v) is 3.73. The number of sulfone groups is 1. The van der Waals surface area contributed by atoms with Gasteiger partial charge in [-0.3, -0.25) is 4.98 Å². The summed E-state index contributed by atoms with van der Waals surface area (Å²) in [7, 11) is -2.97. The third kappa shape index (κ3) is 4.18. The maximum atomic E-state index is 11.6. The molecule has 0 amide bonds. The number of hydrogen-bond donors (Lipinski definition) is 1. The molecule has 1 aliphatic rings. The van der Waals surface area contributed by atoms with E-state index in [-0.39, 0.29) is 11.4 Å². The van der Waals surface area contributed by atoms with Gasteiger partial charge >= 0.3 is 0 Å². The van der Waals surface area contributed by atoms with Crippen molar-refractivity contribution in [3.8, 4) is 5.75 Å². The molecule has 2 unspecified atom stereocenters. The molecule has 6 heteroatoms. The quantitative estimate of drug-likeness (QED) is 0.886. The zero-order valence-electron chi connectivity index (χ0n) is 11.8. The minimum atomic E-state index is -2.97. The molecule has 0 spiro atoms. The Bertz CT molecular complexity index is 528. The van der Waals surface area contributed by atoms with Crippen LogP contribution in [0.5, 0.6) is 5.75 Å². The molecule has 20 heavy (non-hydrogen) atoms. The molecule has 1 aliphatic carbocycles. The van der Waals surface area contributed by atoms with E-state index in [0.29, 0.717) is 18.7 Å². The fraction of sp³-hybridized carbons (Fsp3) is 0.643. The highest BCUT2D eigenvalue weighted by molar-refractivity contribution is 7.91. The topological polar surface area (TPSA) is 82.3 Å². The van der Waals surface area contributed by atoms with E-state index >= 15 is 0 Å². The van der Waals surface area contributed by atoms with Crippen LogP contribution in [-0.2, 0) is 16.3 Å². The summed E-state index contributed by atoms with van der Waals surface area (Å²) in [6, 6.07) is 3.78.